The maximum Gasteiger partial charge on any atom is 0.273 e. The monoisotopic (exact) mass is 525 g/mol. The maximum atomic E-state index is 13.6. The summed E-state index contributed by atoms with van der Waals surface area (Å²) in [6, 6.07) is 25.3. The number of benzene rings is 3. The summed E-state index contributed by atoms with van der Waals surface area (Å²) in [4.78, 5) is 26.8. The van der Waals surface area contributed by atoms with Gasteiger partial charge in [0.2, 0.25) is 0 Å². The summed E-state index contributed by atoms with van der Waals surface area (Å²) in [6.07, 6.45) is 3.78. The van der Waals surface area contributed by atoms with E-state index >= 15 is 0 Å². The summed E-state index contributed by atoms with van der Waals surface area (Å²) in [5, 5.41) is 12.8. The molecule has 3 aromatic carbocycles. The van der Waals surface area contributed by atoms with Crippen molar-refractivity contribution in [2.75, 3.05) is 19.0 Å². The van der Waals surface area contributed by atoms with Crippen LogP contribution in [0.2, 0.25) is 0 Å². The van der Waals surface area contributed by atoms with Crippen LogP contribution < -0.4 is 29.5 Å². The van der Waals surface area contributed by atoms with Gasteiger partial charge < -0.3 is 14.8 Å². The van der Waals surface area contributed by atoms with Crippen LogP contribution in [-0.4, -0.2) is 24.2 Å². The molecule has 0 spiro atoms. The van der Waals surface area contributed by atoms with E-state index < -0.39 is 5.91 Å². The molecule has 4 rings (SSSR count). The van der Waals surface area contributed by atoms with Gasteiger partial charge in [0.25, 0.3) is 11.5 Å². The Kier molecular flexibility index (Phi) is 8.75. The Morgan fingerprint density at radius 2 is 1.76 bits per heavy atom. The van der Waals surface area contributed by atoms with Crippen LogP contribution >= 0.6 is 11.3 Å². The van der Waals surface area contributed by atoms with E-state index in [4.69, 9.17) is 9.47 Å². The summed E-state index contributed by atoms with van der Waals surface area (Å²) in [5.41, 5.74) is 1.28. The summed E-state index contributed by atoms with van der Waals surface area (Å²) in [5.74, 6) is 0.584. The third-order valence-corrected chi connectivity index (χ3v) is 6.78. The molecular weight excluding hydrogens is 498 g/mol. The predicted octanol–water partition coefficient (Wildman–Crippen LogP) is 4.23. The van der Waals surface area contributed by atoms with Crippen molar-refractivity contribution < 1.29 is 14.3 Å². The van der Waals surface area contributed by atoms with Crippen LogP contribution in [0.1, 0.15) is 25.3 Å². The topological polar surface area (TPSA) is 93.3 Å². The smallest absolute Gasteiger partial charge is 0.273 e. The fourth-order valence-electron chi connectivity index (χ4n) is 3.74. The maximum absolute atomic E-state index is 13.6. The number of nitrogens with one attached hydrogen (secondary N) is 1. The van der Waals surface area contributed by atoms with Crippen LogP contribution in [-0.2, 0) is 4.79 Å². The number of hydrogen-bond acceptors (Lipinski definition) is 6. The molecule has 0 saturated carbocycles. The van der Waals surface area contributed by atoms with Crippen LogP contribution in [0.15, 0.2) is 83.7 Å². The molecule has 8 heteroatoms. The number of aromatic nitrogens is 1. The number of hydrogen-bond donors (Lipinski definition) is 1. The highest BCUT2D eigenvalue weighted by Crippen LogP contribution is 2.23. The third kappa shape index (κ3) is 6.02. The second-order valence-electron chi connectivity index (χ2n) is 8.30. The van der Waals surface area contributed by atoms with E-state index in [0.29, 0.717) is 28.3 Å². The van der Waals surface area contributed by atoms with Gasteiger partial charge in [0.05, 0.1) is 29.6 Å². The van der Waals surface area contributed by atoms with E-state index in [1.807, 2.05) is 36.4 Å². The molecule has 0 aliphatic heterocycles. The Labute approximate surface area is 224 Å². The number of nitrogens with zero attached hydrogens (tertiary/aromatic N) is 2. The molecule has 0 bridgehead atoms. The van der Waals surface area contributed by atoms with Gasteiger partial charge in [-0.1, -0.05) is 55.8 Å². The molecule has 0 aliphatic carbocycles. The Balaban J connectivity index is 1.82. The highest BCUT2D eigenvalue weighted by atomic mass is 32.1. The van der Waals surface area contributed by atoms with Crippen molar-refractivity contribution in [1.82, 2.24) is 4.57 Å². The number of methoxy groups -OCH3 is 1. The Hall–Kier alpha value is -4.61. The first-order valence-electron chi connectivity index (χ1n) is 12.2. The van der Waals surface area contributed by atoms with Crippen LogP contribution in [0.3, 0.4) is 0 Å². The Morgan fingerprint density at radius 1 is 1.05 bits per heavy atom. The van der Waals surface area contributed by atoms with Crippen LogP contribution in [0, 0.1) is 11.3 Å². The second kappa shape index (κ2) is 12.6. The van der Waals surface area contributed by atoms with Crippen molar-refractivity contribution in [1.29, 1.82) is 5.26 Å². The van der Waals surface area contributed by atoms with E-state index in [-0.39, 0.29) is 15.8 Å². The number of nitriles is 1. The molecule has 1 N–H and O–H groups in total. The average Bonchev–Trinajstić information content (AvgIpc) is 3.26. The molecule has 7 nitrogen and oxygen atoms in total. The van der Waals surface area contributed by atoms with Crippen molar-refractivity contribution in [3.8, 4) is 23.3 Å². The molecule has 0 aliphatic rings. The van der Waals surface area contributed by atoms with Gasteiger partial charge in [-0.15, -0.1) is 11.3 Å². The molecule has 0 radical (unpaired) electrons. The molecule has 0 unspecified atom stereocenters. The molecular formula is C30H27N3O4S. The molecule has 38 heavy (non-hydrogen) atoms. The first kappa shape index (κ1) is 26.5. The van der Waals surface area contributed by atoms with Gasteiger partial charge in [0, 0.05) is 0 Å². The van der Waals surface area contributed by atoms with E-state index in [0.717, 1.165) is 35.5 Å². The van der Waals surface area contributed by atoms with Gasteiger partial charge >= 0.3 is 0 Å². The quantitative estimate of drug-likeness (QED) is 0.330. The van der Waals surface area contributed by atoms with Crippen molar-refractivity contribution in [3.05, 3.63) is 104 Å². The number of amides is 1. The minimum absolute atomic E-state index is 0.179. The predicted molar refractivity (Wildman–Crippen MR) is 150 cm³/mol. The molecule has 1 aromatic heterocycles. The number of carbonyl (C=O) groups excluding carboxylic acids is 1. The van der Waals surface area contributed by atoms with Crippen molar-refractivity contribution in [3.63, 3.8) is 0 Å². The molecule has 0 atom stereocenters. The number of rotatable bonds is 9. The molecule has 1 amide bonds. The van der Waals surface area contributed by atoms with E-state index in [9.17, 15) is 14.9 Å². The van der Waals surface area contributed by atoms with Crippen LogP contribution in [0.5, 0.6) is 11.5 Å². The molecule has 4 aromatic rings. The average molecular weight is 526 g/mol. The number of anilines is 1. The lowest BCUT2D eigenvalue weighted by molar-refractivity contribution is -0.111. The minimum atomic E-state index is -0.636. The lowest BCUT2D eigenvalue weighted by Crippen LogP contribution is -2.32. The molecule has 0 saturated heterocycles. The Bertz CT molecular complexity index is 1630. The summed E-state index contributed by atoms with van der Waals surface area (Å²) in [6.45, 7) is 2.76. The van der Waals surface area contributed by atoms with E-state index in [1.165, 1.54) is 11.7 Å². The van der Waals surface area contributed by atoms with Gasteiger partial charge in [-0.05, 0) is 54.5 Å². The highest BCUT2D eigenvalue weighted by Gasteiger charge is 2.18. The SMILES string of the molecule is CCCCOc1ccc(C=c2sc(=C(C#N)C(=O)Nc3ccccc3OC)n(-c3ccccc3)c2=O)cc1. The first-order valence-corrected chi connectivity index (χ1v) is 13.0. The van der Waals surface area contributed by atoms with Gasteiger partial charge in [0.1, 0.15) is 22.2 Å². The van der Waals surface area contributed by atoms with Crippen LogP contribution in [0.25, 0.3) is 17.3 Å². The van der Waals surface area contributed by atoms with Gasteiger partial charge in [-0.25, -0.2) is 0 Å². The summed E-state index contributed by atoms with van der Waals surface area (Å²) < 4.78 is 13.1. The third-order valence-electron chi connectivity index (χ3n) is 5.69. The van der Waals surface area contributed by atoms with Gasteiger partial charge in [-0.2, -0.15) is 5.26 Å². The summed E-state index contributed by atoms with van der Waals surface area (Å²) >= 11 is 1.09. The van der Waals surface area contributed by atoms with Crippen molar-refractivity contribution in [2.45, 2.75) is 19.8 Å². The molecule has 192 valence electrons. The minimum Gasteiger partial charge on any atom is -0.495 e. The number of unbranched alkanes of at least 4 members (excludes halogenated alkanes) is 1. The van der Waals surface area contributed by atoms with Gasteiger partial charge in [0.15, 0.2) is 5.57 Å². The zero-order valence-corrected chi connectivity index (χ0v) is 22.0. The van der Waals surface area contributed by atoms with Crippen molar-refractivity contribution >= 4 is 34.6 Å². The fourth-order valence-corrected chi connectivity index (χ4v) is 4.84. The fraction of sp³-hybridized carbons (Fsp3) is 0.167. The second-order valence-corrected chi connectivity index (χ2v) is 9.33. The highest BCUT2D eigenvalue weighted by molar-refractivity contribution is 7.07. The lowest BCUT2D eigenvalue weighted by Gasteiger charge is -2.09. The standard InChI is InChI=1S/C30H27N3O4S/c1-3-4-18-37-23-16-14-21(15-17-23)19-27-29(35)33(22-10-6-5-7-11-22)30(38-27)24(20-31)28(34)32-25-12-8-9-13-26(25)36-2/h5-17,19H,3-4,18H2,1-2H3,(H,32,34). The zero-order chi connectivity index (χ0) is 26.9. The molecule has 1 heterocycles. The van der Waals surface area contributed by atoms with E-state index in [1.54, 1.807) is 54.6 Å². The van der Waals surface area contributed by atoms with Crippen LogP contribution in [0.4, 0.5) is 5.69 Å². The lowest BCUT2D eigenvalue weighted by atomic mass is 10.2. The number of carbonyl (C=O) groups is 1. The van der Waals surface area contributed by atoms with E-state index in [2.05, 4.69) is 12.2 Å². The van der Waals surface area contributed by atoms with Crippen molar-refractivity contribution in [2.24, 2.45) is 0 Å². The molecule has 0 fully saturated rings. The van der Waals surface area contributed by atoms with Gasteiger partial charge in [-0.3, -0.25) is 14.2 Å². The number of para-hydroxylation sites is 3. The zero-order valence-electron chi connectivity index (χ0n) is 21.1. The largest absolute Gasteiger partial charge is 0.495 e. The number of ether oxygens (including phenoxy) is 2. The normalized spacial score (nSPS) is 12.0. The number of thiazole rings is 1. The first-order chi connectivity index (χ1) is 18.5. The Morgan fingerprint density at radius 3 is 2.45 bits per heavy atom. The summed E-state index contributed by atoms with van der Waals surface area (Å²) in [7, 11) is 1.50.